The summed E-state index contributed by atoms with van der Waals surface area (Å²) in [4.78, 5) is 28.7. The smallest absolute Gasteiger partial charge is 0.335 e. The minimum atomic E-state index is -0.945. The fourth-order valence-corrected chi connectivity index (χ4v) is 4.59. The van der Waals surface area contributed by atoms with Gasteiger partial charge in [0, 0.05) is 45.6 Å². The largest absolute Gasteiger partial charge is 0.478 e. The van der Waals surface area contributed by atoms with Crippen molar-refractivity contribution in [3.63, 3.8) is 0 Å². The molecule has 0 unspecified atom stereocenters. The van der Waals surface area contributed by atoms with Gasteiger partial charge >= 0.3 is 5.97 Å². The summed E-state index contributed by atoms with van der Waals surface area (Å²) in [5.41, 5.74) is 1.97. The first-order chi connectivity index (χ1) is 15.1. The lowest BCUT2D eigenvalue weighted by Crippen LogP contribution is -2.37. The Hall–Kier alpha value is -1.96. The van der Waals surface area contributed by atoms with Gasteiger partial charge in [-0.15, -0.1) is 0 Å². The summed E-state index contributed by atoms with van der Waals surface area (Å²) in [5.74, 6) is -0.432. The summed E-state index contributed by atoms with van der Waals surface area (Å²) in [6, 6.07) is 5.14. The Balaban J connectivity index is 1.92. The van der Waals surface area contributed by atoms with E-state index in [1.165, 1.54) is 20.0 Å². The first-order valence-corrected chi connectivity index (χ1v) is 11.5. The maximum Gasteiger partial charge on any atom is 0.335 e. The van der Waals surface area contributed by atoms with Crippen LogP contribution in [0.4, 0.5) is 5.69 Å². The van der Waals surface area contributed by atoms with E-state index in [2.05, 4.69) is 4.90 Å². The predicted molar refractivity (Wildman–Crippen MR) is 120 cm³/mol. The van der Waals surface area contributed by atoms with Crippen LogP contribution in [0.2, 0.25) is 0 Å². The van der Waals surface area contributed by atoms with Crippen molar-refractivity contribution < 1.29 is 24.2 Å². The Morgan fingerprint density at radius 1 is 1.10 bits per heavy atom. The molecule has 2 heterocycles. The summed E-state index contributed by atoms with van der Waals surface area (Å²) in [7, 11) is 1.53. The van der Waals surface area contributed by atoms with Crippen molar-refractivity contribution in [1.29, 1.82) is 0 Å². The highest BCUT2D eigenvalue weighted by atomic mass is 16.5. The predicted octanol–water partition coefficient (Wildman–Crippen LogP) is 3.56. The standard InChI is InChI=1S/C24H36N2O5/c1-30-18-23(27)26-12-6-4-2-3-5-11-25(16-19-9-13-31-14-10-19)17-21-15-20(24(28)29)7-8-22(21)26/h7-8,15,19H,2-6,9-14,16-18H2,1H3,(H,28,29). The normalized spacial score (nSPS) is 19.8. The van der Waals surface area contributed by atoms with E-state index >= 15 is 0 Å². The minimum absolute atomic E-state index is 0.0198. The summed E-state index contributed by atoms with van der Waals surface area (Å²) in [6.45, 7) is 4.89. The van der Waals surface area contributed by atoms with Gasteiger partial charge in [0.25, 0.3) is 5.91 Å². The van der Waals surface area contributed by atoms with Gasteiger partial charge in [0.2, 0.25) is 0 Å². The second kappa shape index (κ2) is 12.2. The molecule has 0 aromatic heterocycles. The van der Waals surface area contributed by atoms with E-state index in [-0.39, 0.29) is 18.1 Å². The molecule has 0 bridgehead atoms. The zero-order valence-electron chi connectivity index (χ0n) is 18.7. The lowest BCUT2D eigenvalue weighted by Gasteiger charge is -2.32. The highest BCUT2D eigenvalue weighted by molar-refractivity contribution is 5.96. The topological polar surface area (TPSA) is 79.3 Å². The molecule has 31 heavy (non-hydrogen) atoms. The van der Waals surface area contributed by atoms with Crippen molar-refractivity contribution in [3.8, 4) is 0 Å². The molecule has 0 aliphatic carbocycles. The van der Waals surface area contributed by atoms with Gasteiger partial charge in [-0.05, 0) is 61.9 Å². The molecule has 0 atom stereocenters. The number of rotatable bonds is 5. The van der Waals surface area contributed by atoms with E-state index in [0.717, 1.165) is 69.7 Å². The van der Waals surface area contributed by atoms with Crippen LogP contribution in [0, 0.1) is 5.92 Å². The molecule has 0 saturated carbocycles. The van der Waals surface area contributed by atoms with Gasteiger partial charge in [0.05, 0.1) is 5.56 Å². The molecular formula is C24H36N2O5. The molecule has 1 aromatic carbocycles. The Morgan fingerprint density at radius 2 is 1.81 bits per heavy atom. The average Bonchev–Trinajstić information content (AvgIpc) is 2.75. The van der Waals surface area contributed by atoms with Gasteiger partial charge in [0.15, 0.2) is 0 Å². The number of amides is 1. The number of carboxylic acids is 1. The first kappa shape index (κ1) is 23.7. The molecule has 3 rings (SSSR count). The number of hydrogen-bond acceptors (Lipinski definition) is 5. The van der Waals surface area contributed by atoms with Crippen molar-refractivity contribution in [1.82, 2.24) is 4.90 Å². The lowest BCUT2D eigenvalue weighted by molar-refractivity contribution is -0.122. The van der Waals surface area contributed by atoms with Crippen LogP contribution in [0.3, 0.4) is 0 Å². The number of carbonyl (C=O) groups excluding carboxylic acids is 1. The van der Waals surface area contributed by atoms with Crippen molar-refractivity contribution in [2.45, 2.75) is 51.5 Å². The number of hydrogen-bond donors (Lipinski definition) is 1. The van der Waals surface area contributed by atoms with E-state index in [9.17, 15) is 14.7 Å². The zero-order valence-corrected chi connectivity index (χ0v) is 18.7. The van der Waals surface area contributed by atoms with Crippen molar-refractivity contribution in [3.05, 3.63) is 29.3 Å². The fourth-order valence-electron chi connectivity index (χ4n) is 4.59. The lowest BCUT2D eigenvalue weighted by atomic mass is 9.98. The van der Waals surface area contributed by atoms with Crippen LogP contribution in [-0.4, -0.2) is 68.4 Å². The molecular weight excluding hydrogens is 396 g/mol. The molecule has 1 N–H and O–H groups in total. The van der Waals surface area contributed by atoms with Crippen LogP contribution < -0.4 is 4.90 Å². The number of carboxylic acid groups (broad SMARTS) is 1. The summed E-state index contributed by atoms with van der Waals surface area (Å²) in [6.07, 6.45) is 7.64. The molecule has 1 saturated heterocycles. The van der Waals surface area contributed by atoms with Gasteiger partial charge in [-0.2, -0.15) is 0 Å². The van der Waals surface area contributed by atoms with Crippen LogP contribution in [0.25, 0.3) is 0 Å². The van der Waals surface area contributed by atoms with Crippen LogP contribution in [0.5, 0.6) is 0 Å². The minimum Gasteiger partial charge on any atom is -0.478 e. The molecule has 7 heteroatoms. The average molecular weight is 433 g/mol. The van der Waals surface area contributed by atoms with Gasteiger partial charge in [0.1, 0.15) is 6.61 Å². The van der Waals surface area contributed by atoms with E-state index in [0.29, 0.717) is 19.0 Å². The Bertz CT molecular complexity index is 733. The van der Waals surface area contributed by atoms with Crippen LogP contribution in [-0.2, 0) is 20.8 Å². The third-order valence-electron chi connectivity index (χ3n) is 6.29. The summed E-state index contributed by atoms with van der Waals surface area (Å²) >= 11 is 0. The van der Waals surface area contributed by atoms with Gasteiger partial charge in [-0.25, -0.2) is 4.79 Å². The number of benzene rings is 1. The number of nitrogens with zero attached hydrogens (tertiary/aromatic N) is 2. The van der Waals surface area contributed by atoms with Crippen molar-refractivity contribution in [2.75, 3.05) is 51.5 Å². The van der Waals surface area contributed by atoms with Gasteiger partial charge < -0.3 is 19.5 Å². The van der Waals surface area contributed by atoms with Crippen LogP contribution >= 0.6 is 0 Å². The molecule has 0 spiro atoms. The maximum atomic E-state index is 12.9. The molecule has 0 radical (unpaired) electrons. The molecule has 1 amide bonds. The molecule has 7 nitrogen and oxygen atoms in total. The summed E-state index contributed by atoms with van der Waals surface area (Å²) < 4.78 is 10.6. The molecule has 2 aliphatic rings. The third-order valence-corrected chi connectivity index (χ3v) is 6.29. The quantitative estimate of drug-likeness (QED) is 0.767. The highest BCUT2D eigenvalue weighted by Gasteiger charge is 2.23. The monoisotopic (exact) mass is 432 g/mol. The second-order valence-corrected chi connectivity index (χ2v) is 8.69. The number of anilines is 1. The zero-order chi connectivity index (χ0) is 22.1. The molecule has 172 valence electrons. The Morgan fingerprint density at radius 3 is 2.52 bits per heavy atom. The fraction of sp³-hybridized carbons (Fsp3) is 0.667. The molecule has 1 fully saturated rings. The van der Waals surface area contributed by atoms with E-state index in [4.69, 9.17) is 9.47 Å². The molecule has 2 aliphatic heterocycles. The number of fused-ring (bicyclic) bond motifs is 1. The Kier molecular flexibility index (Phi) is 9.31. The summed E-state index contributed by atoms with van der Waals surface area (Å²) in [5, 5.41) is 9.55. The van der Waals surface area contributed by atoms with Gasteiger partial charge in [-0.3, -0.25) is 9.69 Å². The van der Waals surface area contributed by atoms with Crippen LogP contribution in [0.15, 0.2) is 18.2 Å². The van der Waals surface area contributed by atoms with Crippen LogP contribution in [0.1, 0.15) is 60.9 Å². The number of ether oxygens (including phenoxy) is 2. The van der Waals surface area contributed by atoms with Gasteiger partial charge in [-0.1, -0.05) is 19.3 Å². The van der Waals surface area contributed by atoms with Crippen molar-refractivity contribution >= 4 is 17.6 Å². The second-order valence-electron chi connectivity index (χ2n) is 8.69. The highest BCUT2D eigenvalue weighted by Crippen LogP contribution is 2.27. The Labute approximate surface area is 185 Å². The maximum absolute atomic E-state index is 12.9. The SMILES string of the molecule is COCC(=O)N1CCCCCCCN(CC2CCOCC2)Cc2cc(C(=O)O)ccc21. The first-order valence-electron chi connectivity index (χ1n) is 11.5. The third kappa shape index (κ3) is 7.02. The molecule has 1 aromatic rings. The van der Waals surface area contributed by atoms with Crippen molar-refractivity contribution in [2.24, 2.45) is 5.92 Å². The van der Waals surface area contributed by atoms with E-state index < -0.39 is 5.97 Å². The number of methoxy groups -OCH3 is 1. The number of carbonyl (C=O) groups is 2. The number of aromatic carboxylic acids is 1. The van der Waals surface area contributed by atoms with E-state index in [1.54, 1.807) is 23.1 Å². The van der Waals surface area contributed by atoms with E-state index in [1.807, 2.05) is 0 Å².